The fourth-order valence-corrected chi connectivity index (χ4v) is 3.17. The zero-order valence-electron chi connectivity index (χ0n) is 17.1. The monoisotopic (exact) mass is 395 g/mol. The first kappa shape index (κ1) is 27.9. The van der Waals surface area contributed by atoms with Crippen LogP contribution in [0.4, 0.5) is 0 Å². The van der Waals surface area contributed by atoms with E-state index in [0.717, 1.165) is 56.2 Å². The van der Waals surface area contributed by atoms with Crippen molar-refractivity contribution in [2.24, 2.45) is 0 Å². The highest BCUT2D eigenvalue weighted by molar-refractivity contribution is 5.69. The minimum atomic E-state index is -0.0755. The number of aliphatic hydroxyl groups excluding tert-OH is 2. The number of hydrogen-bond donors (Lipinski definition) is 2. The van der Waals surface area contributed by atoms with E-state index in [2.05, 4.69) is 14.0 Å². The van der Waals surface area contributed by atoms with Crippen LogP contribution in [-0.4, -0.2) is 67.2 Å². The number of unbranched alkanes of at least 4 members (excludes halogenated alkanes) is 6. The fourth-order valence-electron chi connectivity index (χ4n) is 3.17. The van der Waals surface area contributed by atoms with Crippen LogP contribution in [0.2, 0.25) is 0 Å². The molecule has 0 saturated heterocycles. The summed E-state index contributed by atoms with van der Waals surface area (Å²) in [5.74, 6) is -0.0755. The zero-order chi connectivity index (χ0) is 18.8. The molecular weight excluding hydrogens is 354 g/mol. The second-order valence-corrected chi connectivity index (χ2v) is 7.39. The highest BCUT2D eigenvalue weighted by atomic mass is 35.5. The maximum absolute atomic E-state index is 11.8. The molecule has 0 bridgehead atoms. The molecule has 0 radical (unpaired) electrons. The predicted octanol–water partition coefficient (Wildman–Crippen LogP) is 0.276. The lowest BCUT2D eigenvalue weighted by Crippen LogP contribution is -3.00. The molecule has 26 heavy (non-hydrogen) atoms. The SMILES string of the molecule is CCCCCCCCCC(=O)OCCC[N+](C)(CCCO)CCCO.[Cl-]. The van der Waals surface area contributed by atoms with Crippen LogP contribution in [0.25, 0.3) is 0 Å². The van der Waals surface area contributed by atoms with Gasteiger partial charge in [0.05, 0.1) is 33.3 Å². The number of carbonyl (C=O) groups is 1. The minimum Gasteiger partial charge on any atom is -1.00 e. The molecule has 0 aliphatic rings. The number of halogens is 1. The second-order valence-electron chi connectivity index (χ2n) is 7.39. The van der Waals surface area contributed by atoms with E-state index in [1.165, 1.54) is 32.1 Å². The van der Waals surface area contributed by atoms with Crippen LogP contribution < -0.4 is 12.4 Å². The van der Waals surface area contributed by atoms with Crippen LogP contribution in [-0.2, 0) is 9.53 Å². The summed E-state index contributed by atoms with van der Waals surface area (Å²) < 4.78 is 6.16. The van der Waals surface area contributed by atoms with Crippen molar-refractivity contribution in [3.63, 3.8) is 0 Å². The Morgan fingerprint density at radius 1 is 0.808 bits per heavy atom. The third-order valence-corrected chi connectivity index (χ3v) is 4.80. The number of nitrogens with zero attached hydrogens (tertiary/aromatic N) is 1. The van der Waals surface area contributed by atoms with Gasteiger partial charge in [-0.2, -0.15) is 0 Å². The Morgan fingerprint density at radius 3 is 1.85 bits per heavy atom. The van der Waals surface area contributed by atoms with Gasteiger partial charge in [-0.15, -0.1) is 0 Å². The molecule has 0 aromatic carbocycles. The van der Waals surface area contributed by atoms with Crippen molar-refractivity contribution >= 4 is 5.97 Å². The number of quaternary nitrogens is 1. The molecule has 0 aliphatic carbocycles. The fraction of sp³-hybridized carbons (Fsp3) is 0.950. The lowest BCUT2D eigenvalue weighted by molar-refractivity contribution is -0.910. The van der Waals surface area contributed by atoms with Crippen molar-refractivity contribution in [1.29, 1.82) is 0 Å². The van der Waals surface area contributed by atoms with Crippen molar-refractivity contribution in [2.45, 2.75) is 77.6 Å². The Hall–Kier alpha value is -0.360. The smallest absolute Gasteiger partial charge is 0.305 e. The number of rotatable bonds is 18. The molecule has 0 saturated carbocycles. The Kier molecular flexibility index (Phi) is 20.8. The molecule has 0 unspecified atom stereocenters. The van der Waals surface area contributed by atoms with Crippen LogP contribution >= 0.6 is 0 Å². The summed E-state index contributed by atoms with van der Waals surface area (Å²) in [4.78, 5) is 11.8. The lowest BCUT2D eigenvalue weighted by atomic mass is 10.1. The maximum Gasteiger partial charge on any atom is 0.305 e. The van der Waals surface area contributed by atoms with Gasteiger partial charge in [-0.05, 0) is 6.42 Å². The molecule has 0 aliphatic heterocycles. The van der Waals surface area contributed by atoms with E-state index >= 15 is 0 Å². The molecule has 0 aromatic rings. The van der Waals surface area contributed by atoms with Gasteiger partial charge in [0.25, 0.3) is 0 Å². The molecule has 0 aromatic heterocycles. The zero-order valence-corrected chi connectivity index (χ0v) is 17.8. The van der Waals surface area contributed by atoms with E-state index < -0.39 is 0 Å². The molecule has 0 atom stereocenters. The summed E-state index contributed by atoms with van der Waals surface area (Å²) in [6.07, 6.45) is 11.3. The summed E-state index contributed by atoms with van der Waals surface area (Å²) in [6.45, 7) is 5.77. The van der Waals surface area contributed by atoms with E-state index in [1.807, 2.05) is 0 Å². The average Bonchev–Trinajstić information content (AvgIpc) is 2.61. The van der Waals surface area contributed by atoms with E-state index in [4.69, 9.17) is 14.9 Å². The molecule has 0 amide bonds. The Balaban J connectivity index is 0. The first-order valence-electron chi connectivity index (χ1n) is 10.3. The average molecular weight is 396 g/mol. The number of hydrogen-bond acceptors (Lipinski definition) is 4. The largest absolute Gasteiger partial charge is 1.00 e. The standard InChI is InChI=1S/C20H42NO4.ClH/c1-3-4-5-6-7-8-9-13-20(24)25-19-12-16-21(2,14-10-17-22)15-11-18-23;/h22-23H,3-19H2,1-2H3;1H/q+1;/p-1. The summed E-state index contributed by atoms with van der Waals surface area (Å²) in [5, 5.41) is 18.1. The van der Waals surface area contributed by atoms with Crippen LogP contribution in [0.5, 0.6) is 0 Å². The lowest BCUT2D eigenvalue weighted by Gasteiger charge is -2.34. The molecule has 0 rings (SSSR count). The number of carbonyl (C=O) groups excluding carboxylic acids is 1. The van der Waals surface area contributed by atoms with Gasteiger partial charge in [-0.3, -0.25) is 4.79 Å². The Bertz CT molecular complexity index is 308. The topological polar surface area (TPSA) is 66.8 Å². The van der Waals surface area contributed by atoms with Crippen LogP contribution in [0.1, 0.15) is 77.6 Å². The van der Waals surface area contributed by atoms with E-state index in [0.29, 0.717) is 13.0 Å². The van der Waals surface area contributed by atoms with Crippen LogP contribution in [0.3, 0.4) is 0 Å². The Morgan fingerprint density at radius 2 is 1.31 bits per heavy atom. The molecule has 2 N–H and O–H groups in total. The Labute approximate surface area is 167 Å². The highest BCUT2D eigenvalue weighted by Gasteiger charge is 2.20. The molecular formula is C20H42ClNO4. The van der Waals surface area contributed by atoms with Gasteiger partial charge < -0.3 is 31.8 Å². The molecule has 6 heteroatoms. The highest BCUT2D eigenvalue weighted by Crippen LogP contribution is 2.10. The predicted molar refractivity (Wildman–Crippen MR) is 102 cm³/mol. The van der Waals surface area contributed by atoms with Gasteiger partial charge in [0.2, 0.25) is 0 Å². The van der Waals surface area contributed by atoms with Gasteiger partial charge in [-0.1, -0.05) is 45.4 Å². The first-order valence-corrected chi connectivity index (χ1v) is 10.3. The molecule has 5 nitrogen and oxygen atoms in total. The molecule has 0 fully saturated rings. The molecule has 158 valence electrons. The summed E-state index contributed by atoms with van der Waals surface area (Å²) in [5.41, 5.74) is 0. The maximum atomic E-state index is 11.8. The van der Waals surface area contributed by atoms with Gasteiger partial charge in [0.1, 0.15) is 0 Å². The van der Waals surface area contributed by atoms with Gasteiger partial charge in [0, 0.05) is 38.9 Å². The van der Waals surface area contributed by atoms with Crippen molar-refractivity contribution in [3.05, 3.63) is 0 Å². The summed E-state index contributed by atoms with van der Waals surface area (Å²) >= 11 is 0. The third-order valence-electron chi connectivity index (χ3n) is 4.80. The third kappa shape index (κ3) is 17.1. The van der Waals surface area contributed by atoms with Crippen LogP contribution in [0, 0.1) is 0 Å². The van der Waals surface area contributed by atoms with E-state index in [-0.39, 0.29) is 31.6 Å². The van der Waals surface area contributed by atoms with Crippen molar-refractivity contribution in [3.8, 4) is 0 Å². The van der Waals surface area contributed by atoms with Crippen molar-refractivity contribution < 1.29 is 36.6 Å². The minimum absolute atomic E-state index is 0. The number of esters is 1. The van der Waals surface area contributed by atoms with Crippen molar-refractivity contribution in [1.82, 2.24) is 0 Å². The van der Waals surface area contributed by atoms with E-state index in [9.17, 15) is 4.79 Å². The number of ether oxygens (including phenoxy) is 1. The van der Waals surface area contributed by atoms with Gasteiger partial charge >= 0.3 is 5.97 Å². The number of aliphatic hydroxyl groups is 2. The molecule has 0 heterocycles. The van der Waals surface area contributed by atoms with Crippen molar-refractivity contribution in [2.75, 3.05) is 46.5 Å². The normalized spacial score (nSPS) is 11.2. The van der Waals surface area contributed by atoms with Gasteiger partial charge in [-0.25, -0.2) is 0 Å². The summed E-state index contributed by atoms with van der Waals surface area (Å²) in [6, 6.07) is 0. The quantitative estimate of drug-likeness (QED) is 0.199. The van der Waals surface area contributed by atoms with Crippen LogP contribution in [0.15, 0.2) is 0 Å². The molecule has 0 spiro atoms. The van der Waals surface area contributed by atoms with Gasteiger partial charge in [0.15, 0.2) is 0 Å². The van der Waals surface area contributed by atoms with E-state index in [1.54, 1.807) is 0 Å². The first-order chi connectivity index (χ1) is 12.1. The summed E-state index contributed by atoms with van der Waals surface area (Å²) in [7, 11) is 2.14. The second kappa shape index (κ2) is 19.4.